The number of nitrogens with one attached hydrogen (secondary N) is 1. The molecule has 2 heterocycles. The Hall–Kier alpha value is -1.52. The van der Waals surface area contributed by atoms with Gasteiger partial charge in [0.2, 0.25) is 0 Å². The predicted octanol–water partition coefficient (Wildman–Crippen LogP) is -2.47. The lowest BCUT2D eigenvalue weighted by molar-refractivity contribution is -0.894. The number of aliphatic hydroxyl groups is 3. The van der Waals surface area contributed by atoms with Crippen molar-refractivity contribution in [2.24, 2.45) is 0 Å². The van der Waals surface area contributed by atoms with Crippen molar-refractivity contribution in [3.05, 3.63) is 32.6 Å². The molecule has 1 aliphatic heterocycles. The molecule has 1 aliphatic rings. The third kappa shape index (κ3) is 3.70. The minimum absolute atomic E-state index is 0.0135. The largest absolute Gasteiger partial charge is 0.391 e. The minimum Gasteiger partial charge on any atom is -0.391 e. The smallest absolute Gasteiger partial charge is 0.330 e. The number of nitrogens with zero attached hydrogens (tertiary/aromatic N) is 2. The highest BCUT2D eigenvalue weighted by Gasteiger charge is 2.46. The van der Waals surface area contributed by atoms with Gasteiger partial charge in [-0.25, -0.2) is 4.79 Å². The molecule has 1 saturated heterocycles. The fourth-order valence-electron chi connectivity index (χ4n) is 2.73. The average molecular weight is 330 g/mol. The summed E-state index contributed by atoms with van der Waals surface area (Å²) in [6, 6.07) is 0. The van der Waals surface area contributed by atoms with Crippen molar-refractivity contribution in [2.75, 3.05) is 33.8 Å². The summed E-state index contributed by atoms with van der Waals surface area (Å²) in [5, 5.41) is 29.5. The molecule has 0 radical (unpaired) electrons. The summed E-state index contributed by atoms with van der Waals surface area (Å²) >= 11 is 0. The quantitative estimate of drug-likeness (QED) is 0.444. The van der Waals surface area contributed by atoms with E-state index >= 15 is 0 Å². The molecule has 2 rings (SSSR count). The highest BCUT2D eigenvalue weighted by molar-refractivity contribution is 5.03. The van der Waals surface area contributed by atoms with Crippen molar-refractivity contribution >= 4 is 0 Å². The molecule has 0 aliphatic carbocycles. The predicted molar refractivity (Wildman–Crippen MR) is 80.9 cm³/mol. The van der Waals surface area contributed by atoms with Gasteiger partial charge in [-0.15, -0.1) is 0 Å². The van der Waals surface area contributed by atoms with Crippen LogP contribution in [-0.2, 0) is 4.74 Å². The Morgan fingerprint density at radius 1 is 1.30 bits per heavy atom. The SMILES string of the molecule is Cc1cn([C@@H]2O[C@H](C[N+](C)(C)CCO)C(O)C2O)c(=O)[nH]c1=O. The van der Waals surface area contributed by atoms with Crippen LogP contribution in [0.25, 0.3) is 0 Å². The number of aromatic nitrogens is 2. The number of aromatic amines is 1. The fraction of sp³-hybridized carbons (Fsp3) is 0.714. The fourth-order valence-corrected chi connectivity index (χ4v) is 2.73. The van der Waals surface area contributed by atoms with Gasteiger partial charge >= 0.3 is 5.69 Å². The summed E-state index contributed by atoms with van der Waals surface area (Å²) in [6.45, 7) is 2.34. The Morgan fingerprint density at radius 2 is 1.96 bits per heavy atom. The van der Waals surface area contributed by atoms with E-state index < -0.39 is 35.8 Å². The number of likely N-dealkylation sites (N-methyl/N-ethyl adjacent to an activating group) is 1. The molecule has 1 fully saturated rings. The van der Waals surface area contributed by atoms with Crippen LogP contribution in [0, 0.1) is 6.92 Å². The standard InChI is InChI=1S/C14H23N3O6/c1-8-6-16(14(22)15-12(8)21)13-11(20)10(19)9(23-13)7-17(2,3)4-5-18/h6,9-11,13,18-20H,4-5,7H2,1-3H3/p+1/t9-,10?,11?,13-/m1/s1. The molecule has 0 spiro atoms. The van der Waals surface area contributed by atoms with E-state index in [9.17, 15) is 19.8 Å². The lowest BCUT2D eigenvalue weighted by Crippen LogP contribution is -2.50. The average Bonchev–Trinajstić information content (AvgIpc) is 2.70. The second-order valence-corrected chi connectivity index (χ2v) is 6.59. The second kappa shape index (κ2) is 6.54. The number of H-pyrrole nitrogens is 1. The number of ether oxygens (including phenoxy) is 1. The van der Waals surface area contributed by atoms with Crippen LogP contribution in [0.4, 0.5) is 0 Å². The van der Waals surface area contributed by atoms with E-state index in [1.54, 1.807) is 0 Å². The van der Waals surface area contributed by atoms with Crippen LogP contribution in [0.5, 0.6) is 0 Å². The molecular weight excluding hydrogens is 306 g/mol. The Labute approximate surface area is 133 Å². The Balaban J connectivity index is 2.25. The molecule has 1 aromatic heterocycles. The van der Waals surface area contributed by atoms with Crippen LogP contribution in [0.15, 0.2) is 15.8 Å². The minimum atomic E-state index is -1.29. The highest BCUT2D eigenvalue weighted by atomic mass is 16.6. The topological polar surface area (TPSA) is 125 Å². The normalized spacial score (nSPS) is 28.3. The van der Waals surface area contributed by atoms with Crippen LogP contribution in [-0.4, -0.2) is 81.5 Å². The first-order valence-electron chi connectivity index (χ1n) is 7.43. The van der Waals surface area contributed by atoms with E-state index in [-0.39, 0.29) is 6.61 Å². The molecule has 4 N–H and O–H groups in total. The first-order chi connectivity index (χ1) is 10.7. The number of aliphatic hydroxyl groups excluding tert-OH is 3. The monoisotopic (exact) mass is 330 g/mol. The number of hydrogen-bond donors (Lipinski definition) is 4. The van der Waals surface area contributed by atoms with Crippen LogP contribution in [0.2, 0.25) is 0 Å². The molecular formula is C14H24N3O6+. The maximum Gasteiger partial charge on any atom is 0.330 e. The van der Waals surface area contributed by atoms with Gasteiger partial charge in [0, 0.05) is 11.8 Å². The first-order valence-corrected chi connectivity index (χ1v) is 7.43. The van der Waals surface area contributed by atoms with E-state index in [2.05, 4.69) is 4.98 Å². The van der Waals surface area contributed by atoms with E-state index in [1.165, 1.54) is 13.1 Å². The molecule has 2 unspecified atom stereocenters. The molecule has 1 aromatic rings. The van der Waals surface area contributed by atoms with Gasteiger partial charge in [0.1, 0.15) is 31.4 Å². The molecule has 9 nitrogen and oxygen atoms in total. The summed E-state index contributed by atoms with van der Waals surface area (Å²) in [7, 11) is 3.73. The molecule has 4 atom stereocenters. The zero-order valence-electron chi connectivity index (χ0n) is 13.5. The lowest BCUT2D eigenvalue weighted by Gasteiger charge is -2.32. The number of hydrogen-bond acceptors (Lipinski definition) is 6. The summed E-state index contributed by atoms with van der Waals surface area (Å²) in [6.07, 6.45) is -2.94. The van der Waals surface area contributed by atoms with Crippen molar-refractivity contribution in [3.63, 3.8) is 0 Å². The van der Waals surface area contributed by atoms with Gasteiger partial charge in [-0.2, -0.15) is 0 Å². The van der Waals surface area contributed by atoms with Crippen molar-refractivity contribution < 1.29 is 24.5 Å². The number of rotatable bonds is 5. The van der Waals surface area contributed by atoms with Gasteiger partial charge in [0.15, 0.2) is 6.23 Å². The molecule has 23 heavy (non-hydrogen) atoms. The zero-order chi connectivity index (χ0) is 17.4. The van der Waals surface area contributed by atoms with Crippen molar-refractivity contribution in [1.29, 1.82) is 0 Å². The van der Waals surface area contributed by atoms with Gasteiger partial charge in [-0.05, 0) is 6.92 Å². The van der Waals surface area contributed by atoms with Crippen molar-refractivity contribution in [3.8, 4) is 0 Å². The maximum absolute atomic E-state index is 11.9. The van der Waals surface area contributed by atoms with E-state index in [4.69, 9.17) is 9.84 Å². The van der Waals surface area contributed by atoms with Gasteiger partial charge in [-0.3, -0.25) is 14.3 Å². The van der Waals surface area contributed by atoms with Gasteiger partial charge in [-0.1, -0.05) is 0 Å². The van der Waals surface area contributed by atoms with Gasteiger partial charge in [0.05, 0.1) is 20.7 Å². The summed E-state index contributed by atoms with van der Waals surface area (Å²) in [4.78, 5) is 25.5. The Bertz CT molecular complexity index is 667. The molecule has 0 amide bonds. The van der Waals surface area contributed by atoms with Crippen molar-refractivity contribution in [1.82, 2.24) is 9.55 Å². The van der Waals surface area contributed by atoms with Crippen LogP contribution in [0.1, 0.15) is 11.8 Å². The van der Waals surface area contributed by atoms with Gasteiger partial charge < -0.3 is 24.5 Å². The second-order valence-electron chi connectivity index (χ2n) is 6.59. The molecule has 130 valence electrons. The maximum atomic E-state index is 11.9. The van der Waals surface area contributed by atoms with E-state index in [0.29, 0.717) is 23.1 Å². The van der Waals surface area contributed by atoms with Crippen molar-refractivity contribution in [2.45, 2.75) is 31.5 Å². The molecule has 0 saturated carbocycles. The highest BCUT2D eigenvalue weighted by Crippen LogP contribution is 2.29. The summed E-state index contributed by atoms with van der Waals surface area (Å²) in [5.74, 6) is 0. The number of aryl methyl sites for hydroxylation is 1. The van der Waals surface area contributed by atoms with E-state index in [1.807, 2.05) is 14.1 Å². The number of quaternary nitrogens is 1. The summed E-state index contributed by atoms with van der Waals surface area (Å²) < 4.78 is 7.14. The third-order valence-corrected chi connectivity index (χ3v) is 4.14. The third-order valence-electron chi connectivity index (χ3n) is 4.14. The lowest BCUT2D eigenvalue weighted by atomic mass is 10.1. The molecule has 9 heteroatoms. The van der Waals surface area contributed by atoms with Crippen LogP contribution in [0.3, 0.4) is 0 Å². The molecule has 0 aromatic carbocycles. The van der Waals surface area contributed by atoms with E-state index in [0.717, 1.165) is 4.57 Å². The Morgan fingerprint density at radius 3 is 2.57 bits per heavy atom. The summed E-state index contributed by atoms with van der Waals surface area (Å²) in [5.41, 5.74) is -0.909. The first kappa shape index (κ1) is 17.8. The van der Waals surface area contributed by atoms with Crippen LogP contribution < -0.4 is 11.2 Å². The van der Waals surface area contributed by atoms with Crippen LogP contribution >= 0.6 is 0 Å². The zero-order valence-corrected chi connectivity index (χ0v) is 13.5. The molecule has 0 bridgehead atoms. The Kier molecular flexibility index (Phi) is 5.07. The van der Waals surface area contributed by atoms with Gasteiger partial charge in [0.25, 0.3) is 5.56 Å².